The number of aryl methyl sites for hydroxylation is 4. The topological polar surface area (TPSA) is 175 Å². The van der Waals surface area contributed by atoms with E-state index in [0.29, 0.717) is 11.8 Å². The number of carbonyl (C=O) groups is 4. The van der Waals surface area contributed by atoms with Gasteiger partial charge in [0.1, 0.15) is 23.7 Å². The highest BCUT2D eigenvalue weighted by Crippen LogP contribution is 2.48. The molecule has 14 nitrogen and oxygen atoms in total. The number of nitrogens with one attached hydrogen (secondary N) is 4. The molecule has 2 saturated carbocycles. The molecule has 400 valence electrons. The standard InChI is InChI=1S/C62H76N8O6/c1-7-35(3)55(67-61(73)75-5)59(71)69-51-15-11-9-13-43(51)33-53(69)57-63-47-27-25-41(31-49(47)65-57)45-29-37-17-21-39(45)23-19-38-18-22-40(24-20-37)46(30-38)42-26-28-48-50(32-42)66-58(64-48)54-34-44-14-10-12-16-52(44)70(54)60(72)56(36(4)8-2)68-62(74)76-6/h17-18,21-22,25-32,35-36,43-44,51-56H,7-16,19-20,23-24,33-34H2,1-6H3,(H,63,65)(H,64,66)(H,67,73)(H,68,74). The maximum atomic E-state index is 14.7. The number of hydrogen-bond donors (Lipinski definition) is 4. The second-order valence-electron chi connectivity index (χ2n) is 22.9. The largest absolute Gasteiger partial charge is 0.453 e. The zero-order chi connectivity index (χ0) is 52.8. The molecule has 0 radical (unpaired) electrons. The van der Waals surface area contributed by atoms with Gasteiger partial charge in [0.15, 0.2) is 0 Å². The van der Waals surface area contributed by atoms with Crippen LogP contribution in [-0.4, -0.2) is 92.1 Å². The Balaban J connectivity index is 0.849. The Morgan fingerprint density at radius 1 is 0.579 bits per heavy atom. The van der Waals surface area contributed by atoms with Crippen molar-refractivity contribution in [2.75, 3.05) is 14.2 Å². The van der Waals surface area contributed by atoms with Crippen molar-refractivity contribution in [2.45, 2.75) is 167 Å². The van der Waals surface area contributed by atoms with Gasteiger partial charge in [0.25, 0.3) is 0 Å². The van der Waals surface area contributed by atoms with Gasteiger partial charge in [-0.15, -0.1) is 0 Å². The first-order valence-electron chi connectivity index (χ1n) is 28.5. The van der Waals surface area contributed by atoms with Crippen LogP contribution in [0.3, 0.4) is 0 Å². The number of fused-ring (bicyclic) bond motifs is 4. The van der Waals surface area contributed by atoms with Gasteiger partial charge in [-0.2, -0.15) is 0 Å². The van der Waals surface area contributed by atoms with Crippen LogP contribution in [0, 0.1) is 23.7 Å². The molecule has 4 aromatic carbocycles. The zero-order valence-corrected chi connectivity index (χ0v) is 45.3. The maximum Gasteiger partial charge on any atom is 0.407 e. The molecule has 14 rings (SSSR count). The molecule has 2 aromatic heterocycles. The van der Waals surface area contributed by atoms with Gasteiger partial charge in [-0.25, -0.2) is 19.6 Å². The van der Waals surface area contributed by atoms with E-state index in [9.17, 15) is 19.2 Å². The van der Waals surface area contributed by atoms with Crippen LogP contribution in [0.1, 0.15) is 151 Å². The van der Waals surface area contributed by atoms with Crippen LogP contribution in [0.5, 0.6) is 0 Å². The maximum absolute atomic E-state index is 14.7. The molecular formula is C62H76N8O6. The van der Waals surface area contributed by atoms with Crippen molar-refractivity contribution in [3.8, 4) is 22.3 Å². The summed E-state index contributed by atoms with van der Waals surface area (Å²) in [7, 11) is 2.69. The second-order valence-corrected chi connectivity index (χ2v) is 22.9. The van der Waals surface area contributed by atoms with Crippen molar-refractivity contribution in [1.82, 2.24) is 40.4 Å². The monoisotopic (exact) mass is 1030 g/mol. The van der Waals surface area contributed by atoms with Crippen LogP contribution in [0.25, 0.3) is 44.3 Å². The molecule has 4 bridgehead atoms. The molecule has 14 heteroatoms. The van der Waals surface area contributed by atoms with E-state index in [4.69, 9.17) is 19.4 Å². The fourth-order valence-electron chi connectivity index (χ4n) is 13.9. The molecule has 4 fully saturated rings. The van der Waals surface area contributed by atoms with E-state index in [1.54, 1.807) is 0 Å². The number of amides is 4. The number of ether oxygens (including phenoxy) is 2. The minimum absolute atomic E-state index is 0.0489. The number of aromatic amines is 2. The minimum atomic E-state index is -0.681. The molecule has 10 unspecified atom stereocenters. The van der Waals surface area contributed by atoms with E-state index in [0.717, 1.165) is 135 Å². The highest BCUT2D eigenvalue weighted by atomic mass is 16.5. The minimum Gasteiger partial charge on any atom is -0.453 e. The summed E-state index contributed by atoms with van der Waals surface area (Å²) in [5, 5.41) is 5.78. The van der Waals surface area contributed by atoms with Gasteiger partial charge >= 0.3 is 12.2 Å². The Hall–Kier alpha value is -6.70. The molecule has 4 N–H and O–H groups in total. The Morgan fingerprint density at radius 2 is 1.00 bits per heavy atom. The fraction of sp³-hybridized carbons (Fsp3) is 0.516. The summed E-state index contributed by atoms with van der Waals surface area (Å²) in [5.41, 5.74) is 13.6. The summed E-state index contributed by atoms with van der Waals surface area (Å²) in [6.45, 7) is 8.14. The van der Waals surface area contributed by atoms with Gasteiger partial charge in [0.2, 0.25) is 11.8 Å². The molecule has 10 atom stereocenters. The Bertz CT molecular complexity index is 2940. The van der Waals surface area contributed by atoms with Crippen LogP contribution in [0.4, 0.5) is 9.59 Å². The number of nitrogens with zero attached hydrogens (tertiary/aromatic N) is 4. The molecule has 6 aliphatic carbocycles. The predicted molar refractivity (Wildman–Crippen MR) is 295 cm³/mol. The van der Waals surface area contributed by atoms with Gasteiger partial charge < -0.3 is 39.9 Å². The summed E-state index contributed by atoms with van der Waals surface area (Å²) in [6, 6.07) is 25.6. The lowest BCUT2D eigenvalue weighted by Gasteiger charge is -2.37. The smallest absolute Gasteiger partial charge is 0.407 e. The summed E-state index contributed by atoms with van der Waals surface area (Å²) >= 11 is 0. The van der Waals surface area contributed by atoms with Crippen molar-refractivity contribution in [1.29, 1.82) is 0 Å². The molecule has 0 spiro atoms. The molecular weight excluding hydrogens is 953 g/mol. The highest BCUT2D eigenvalue weighted by molar-refractivity contribution is 5.89. The third-order valence-corrected chi connectivity index (χ3v) is 18.5. The predicted octanol–water partition coefficient (Wildman–Crippen LogP) is 11.9. The number of rotatable bonds is 12. The van der Waals surface area contributed by atoms with Gasteiger partial charge in [-0.3, -0.25) is 9.59 Å². The molecule has 2 saturated heterocycles. The van der Waals surface area contributed by atoms with E-state index in [-0.39, 0.29) is 47.8 Å². The molecule has 6 aromatic rings. The van der Waals surface area contributed by atoms with E-state index in [1.165, 1.54) is 60.4 Å². The lowest BCUT2D eigenvalue weighted by molar-refractivity contribution is -0.139. The molecule has 4 heterocycles. The first kappa shape index (κ1) is 51.4. The molecule has 4 amide bonds. The average Bonchev–Trinajstić information content (AvgIpc) is 4.26. The van der Waals surface area contributed by atoms with Crippen molar-refractivity contribution < 1.29 is 28.7 Å². The SMILES string of the molecule is CCC(C)C(NC(=O)OC)C(=O)N1C(c2nc3ccc(-c4cc5ccc4CCc4ccc(c(-c6ccc7nc(C8CC9CCCCC9N8C(=O)C(NC(=O)OC)C(C)CC)[nH]c7c6)c4)CC5)cc3[nH]2)CC2CCCCC21. The average molecular weight is 1030 g/mol. The lowest BCUT2D eigenvalue weighted by atomic mass is 9.84. The van der Waals surface area contributed by atoms with Crippen molar-refractivity contribution in [2.24, 2.45) is 23.7 Å². The number of imidazole rings is 2. The third-order valence-electron chi connectivity index (χ3n) is 18.5. The van der Waals surface area contributed by atoms with Crippen LogP contribution in [0.15, 0.2) is 72.8 Å². The first-order valence-corrected chi connectivity index (χ1v) is 28.5. The van der Waals surface area contributed by atoms with E-state index in [2.05, 4.69) is 103 Å². The number of likely N-dealkylation sites (tertiary alicyclic amines) is 2. The summed E-state index contributed by atoms with van der Waals surface area (Å²) in [5.74, 6) is 2.19. The summed E-state index contributed by atoms with van der Waals surface area (Å²) in [6.07, 6.45) is 14.1. The van der Waals surface area contributed by atoms with Crippen LogP contribution >= 0.6 is 0 Å². The number of hydrogen-bond acceptors (Lipinski definition) is 8. The number of alkyl carbamates (subject to hydrolysis) is 2. The summed E-state index contributed by atoms with van der Waals surface area (Å²) < 4.78 is 9.96. The second kappa shape index (κ2) is 21.7. The molecule has 8 aliphatic rings. The summed E-state index contributed by atoms with van der Waals surface area (Å²) in [4.78, 5) is 76.3. The fourth-order valence-corrected chi connectivity index (χ4v) is 13.9. The van der Waals surface area contributed by atoms with E-state index >= 15 is 0 Å². The zero-order valence-electron chi connectivity index (χ0n) is 45.3. The van der Waals surface area contributed by atoms with Crippen LogP contribution < -0.4 is 10.6 Å². The van der Waals surface area contributed by atoms with E-state index < -0.39 is 24.3 Å². The lowest BCUT2D eigenvalue weighted by Crippen LogP contribution is -2.54. The Morgan fingerprint density at radius 3 is 1.41 bits per heavy atom. The van der Waals surface area contributed by atoms with Crippen molar-refractivity contribution in [3.63, 3.8) is 0 Å². The Kier molecular flexibility index (Phi) is 14.7. The van der Waals surface area contributed by atoms with Gasteiger partial charge in [-0.05, 0) is 157 Å². The van der Waals surface area contributed by atoms with Gasteiger partial charge in [0, 0.05) is 12.1 Å². The van der Waals surface area contributed by atoms with Crippen molar-refractivity contribution in [3.05, 3.63) is 107 Å². The Labute approximate surface area is 446 Å². The first-order chi connectivity index (χ1) is 36.9. The molecule has 76 heavy (non-hydrogen) atoms. The molecule has 2 aliphatic heterocycles. The van der Waals surface area contributed by atoms with Gasteiger partial charge in [0.05, 0.1) is 48.4 Å². The quantitative estimate of drug-likeness (QED) is 0.0937. The highest BCUT2D eigenvalue weighted by Gasteiger charge is 2.50. The van der Waals surface area contributed by atoms with Crippen LogP contribution in [0.2, 0.25) is 0 Å². The van der Waals surface area contributed by atoms with Gasteiger partial charge in [-0.1, -0.05) is 115 Å². The van der Waals surface area contributed by atoms with Crippen molar-refractivity contribution >= 4 is 46.1 Å². The number of benzene rings is 4. The number of methoxy groups -OCH3 is 2. The van der Waals surface area contributed by atoms with E-state index in [1.807, 2.05) is 27.7 Å². The third kappa shape index (κ3) is 9.85. The number of H-pyrrole nitrogens is 2. The van der Waals surface area contributed by atoms with Crippen LogP contribution in [-0.2, 0) is 44.7 Å². The number of aromatic nitrogens is 4. The normalized spacial score (nSPS) is 23.8. The number of carbonyl (C=O) groups excluding carboxylic acids is 4.